The van der Waals surface area contributed by atoms with Crippen molar-refractivity contribution < 1.29 is 9.53 Å². The molecule has 1 fully saturated rings. The van der Waals surface area contributed by atoms with Crippen LogP contribution >= 0.6 is 11.3 Å². The van der Waals surface area contributed by atoms with Crippen LogP contribution in [0.3, 0.4) is 0 Å². The molecule has 0 radical (unpaired) electrons. The predicted octanol–water partition coefficient (Wildman–Crippen LogP) is 3.60. The maximum Gasteiger partial charge on any atom is 0.407 e. The number of aryl methyl sites for hydroxylation is 1. The number of nitrogens with one attached hydrogen (secondary N) is 2. The van der Waals surface area contributed by atoms with Gasteiger partial charge in [0.05, 0.1) is 0 Å². The van der Waals surface area contributed by atoms with E-state index in [0.29, 0.717) is 18.5 Å². The molecule has 1 saturated carbocycles. The molecular weight excluding hydrogens is 312 g/mol. The van der Waals surface area contributed by atoms with E-state index in [2.05, 4.69) is 27.8 Å². The Morgan fingerprint density at radius 1 is 1.30 bits per heavy atom. The molecule has 0 saturated heterocycles. The highest BCUT2D eigenvalue weighted by Gasteiger charge is 2.27. The maximum atomic E-state index is 11.8. The molecule has 1 aromatic heterocycles. The molecule has 1 amide bonds. The molecule has 2 atom stereocenters. The normalized spacial score (nSPS) is 21.7. The number of ether oxygens (including phenoxy) is 1. The van der Waals surface area contributed by atoms with Gasteiger partial charge < -0.3 is 15.4 Å². The molecule has 0 aliphatic heterocycles. The van der Waals surface area contributed by atoms with Gasteiger partial charge in [-0.3, -0.25) is 0 Å². The summed E-state index contributed by atoms with van der Waals surface area (Å²) in [5.41, 5.74) is -0.461. The lowest BCUT2D eigenvalue weighted by atomic mass is 9.84. The van der Waals surface area contributed by atoms with Gasteiger partial charge in [-0.05, 0) is 46.0 Å². The second-order valence-corrected chi connectivity index (χ2v) is 8.09. The highest BCUT2D eigenvalue weighted by atomic mass is 32.1. The largest absolute Gasteiger partial charge is 0.444 e. The van der Waals surface area contributed by atoms with Crippen LogP contribution in [0.4, 0.5) is 9.93 Å². The lowest BCUT2D eigenvalue weighted by molar-refractivity contribution is 0.0514. The fourth-order valence-corrected chi connectivity index (χ4v) is 3.53. The molecule has 1 aliphatic rings. The van der Waals surface area contributed by atoms with Crippen molar-refractivity contribution in [3.8, 4) is 0 Å². The Labute approximate surface area is 142 Å². The zero-order chi connectivity index (χ0) is 16.9. The molecule has 0 aromatic carbocycles. The van der Waals surface area contributed by atoms with Crippen molar-refractivity contribution in [1.82, 2.24) is 15.5 Å². The zero-order valence-corrected chi connectivity index (χ0v) is 15.3. The minimum Gasteiger partial charge on any atom is -0.444 e. The molecule has 2 unspecified atom stereocenters. The van der Waals surface area contributed by atoms with Gasteiger partial charge in [-0.15, -0.1) is 10.2 Å². The maximum absolute atomic E-state index is 11.8. The Hall–Kier alpha value is -1.37. The molecule has 6 nitrogen and oxygen atoms in total. The first kappa shape index (κ1) is 18.0. The van der Waals surface area contributed by atoms with E-state index in [1.165, 1.54) is 12.8 Å². The average molecular weight is 340 g/mol. The van der Waals surface area contributed by atoms with Crippen molar-refractivity contribution in [3.63, 3.8) is 0 Å². The Kier molecular flexibility index (Phi) is 6.21. The van der Waals surface area contributed by atoms with Crippen molar-refractivity contribution in [2.45, 2.75) is 71.4 Å². The van der Waals surface area contributed by atoms with E-state index in [-0.39, 0.29) is 6.09 Å². The van der Waals surface area contributed by atoms with E-state index in [9.17, 15) is 4.79 Å². The molecule has 1 aromatic rings. The molecule has 130 valence electrons. The van der Waals surface area contributed by atoms with E-state index in [1.807, 2.05) is 20.8 Å². The van der Waals surface area contributed by atoms with Crippen molar-refractivity contribution >= 4 is 22.6 Å². The van der Waals surface area contributed by atoms with Gasteiger partial charge in [0.1, 0.15) is 10.6 Å². The van der Waals surface area contributed by atoms with Gasteiger partial charge in [-0.1, -0.05) is 31.1 Å². The first-order chi connectivity index (χ1) is 10.9. The first-order valence-electron chi connectivity index (χ1n) is 8.43. The van der Waals surface area contributed by atoms with E-state index in [0.717, 1.165) is 29.4 Å². The van der Waals surface area contributed by atoms with Gasteiger partial charge in [-0.25, -0.2) is 4.79 Å². The number of rotatable bonds is 5. The molecule has 7 heteroatoms. The molecule has 1 aliphatic carbocycles. The summed E-state index contributed by atoms with van der Waals surface area (Å²) in [5, 5.41) is 16.7. The van der Waals surface area contributed by atoms with E-state index >= 15 is 0 Å². The topological polar surface area (TPSA) is 76.1 Å². The van der Waals surface area contributed by atoms with Crippen LogP contribution in [0.15, 0.2) is 0 Å². The standard InChI is InChI=1S/C16H28N4O2S/c1-5-13-19-20-14(23-13)18-12-9-7-6-8-11(12)10-17-15(21)22-16(2,3)4/h11-12H,5-10H2,1-4H3,(H,17,21)(H,18,20). The third kappa shape index (κ3) is 5.97. The number of anilines is 1. The molecule has 0 spiro atoms. The number of carbonyl (C=O) groups is 1. The lowest BCUT2D eigenvalue weighted by Crippen LogP contribution is -2.42. The number of nitrogens with zero attached hydrogens (tertiary/aromatic N) is 2. The molecule has 23 heavy (non-hydrogen) atoms. The fourth-order valence-electron chi connectivity index (χ4n) is 2.78. The van der Waals surface area contributed by atoms with Crippen LogP contribution in [-0.4, -0.2) is 34.5 Å². The quantitative estimate of drug-likeness (QED) is 0.856. The van der Waals surface area contributed by atoms with Crippen molar-refractivity contribution in [2.75, 3.05) is 11.9 Å². The number of alkyl carbamates (subject to hydrolysis) is 1. The Morgan fingerprint density at radius 3 is 2.70 bits per heavy atom. The lowest BCUT2D eigenvalue weighted by Gasteiger charge is -2.32. The second kappa shape index (κ2) is 7.95. The minimum absolute atomic E-state index is 0.330. The van der Waals surface area contributed by atoms with Gasteiger partial charge in [0.2, 0.25) is 5.13 Å². The van der Waals surface area contributed by atoms with Crippen LogP contribution < -0.4 is 10.6 Å². The molecule has 0 bridgehead atoms. The third-order valence-corrected chi connectivity index (χ3v) is 4.89. The summed E-state index contributed by atoms with van der Waals surface area (Å²) >= 11 is 1.62. The number of hydrogen-bond acceptors (Lipinski definition) is 6. The van der Waals surface area contributed by atoms with Crippen LogP contribution in [0, 0.1) is 5.92 Å². The Balaban J connectivity index is 1.86. The van der Waals surface area contributed by atoms with Crippen molar-refractivity contribution in [2.24, 2.45) is 5.92 Å². The van der Waals surface area contributed by atoms with Crippen LogP contribution in [0.5, 0.6) is 0 Å². The Morgan fingerprint density at radius 2 is 2.04 bits per heavy atom. The Bertz CT molecular complexity index is 512. The highest BCUT2D eigenvalue weighted by Crippen LogP contribution is 2.28. The van der Waals surface area contributed by atoms with E-state index in [4.69, 9.17) is 4.74 Å². The van der Waals surface area contributed by atoms with Crippen LogP contribution in [0.2, 0.25) is 0 Å². The summed E-state index contributed by atoms with van der Waals surface area (Å²) in [5.74, 6) is 0.394. The second-order valence-electron chi connectivity index (χ2n) is 7.03. The fraction of sp³-hybridized carbons (Fsp3) is 0.812. The van der Waals surface area contributed by atoms with Gasteiger partial charge in [0.25, 0.3) is 0 Å². The minimum atomic E-state index is -0.461. The number of carbonyl (C=O) groups excluding carboxylic acids is 1. The summed E-state index contributed by atoms with van der Waals surface area (Å²) in [6, 6.07) is 0.330. The SMILES string of the molecule is CCc1nnc(NC2CCCCC2CNC(=O)OC(C)(C)C)s1. The third-order valence-electron chi connectivity index (χ3n) is 3.89. The molecule has 2 N–H and O–H groups in total. The summed E-state index contributed by atoms with van der Waals surface area (Å²) in [6.07, 6.45) is 5.18. The molecule has 1 heterocycles. The smallest absolute Gasteiger partial charge is 0.407 e. The van der Waals surface area contributed by atoms with Crippen molar-refractivity contribution in [3.05, 3.63) is 5.01 Å². The van der Waals surface area contributed by atoms with Crippen LogP contribution in [-0.2, 0) is 11.2 Å². The zero-order valence-electron chi connectivity index (χ0n) is 14.5. The highest BCUT2D eigenvalue weighted by molar-refractivity contribution is 7.15. The number of hydrogen-bond donors (Lipinski definition) is 2. The average Bonchev–Trinajstić information content (AvgIpc) is 2.92. The van der Waals surface area contributed by atoms with Gasteiger partial charge in [-0.2, -0.15) is 0 Å². The predicted molar refractivity (Wildman–Crippen MR) is 92.9 cm³/mol. The monoisotopic (exact) mass is 340 g/mol. The van der Waals surface area contributed by atoms with Gasteiger partial charge >= 0.3 is 6.09 Å². The van der Waals surface area contributed by atoms with Gasteiger partial charge in [0, 0.05) is 12.6 Å². The summed E-state index contributed by atoms with van der Waals surface area (Å²) in [4.78, 5) is 11.8. The van der Waals surface area contributed by atoms with E-state index < -0.39 is 5.60 Å². The van der Waals surface area contributed by atoms with Crippen molar-refractivity contribution in [1.29, 1.82) is 0 Å². The summed E-state index contributed by atoms with van der Waals surface area (Å²) in [7, 11) is 0. The molecular formula is C16H28N4O2S. The summed E-state index contributed by atoms with van der Waals surface area (Å²) < 4.78 is 5.31. The molecule has 2 rings (SSSR count). The van der Waals surface area contributed by atoms with Gasteiger partial charge in [0.15, 0.2) is 0 Å². The van der Waals surface area contributed by atoms with E-state index in [1.54, 1.807) is 11.3 Å². The van der Waals surface area contributed by atoms with Crippen LogP contribution in [0.25, 0.3) is 0 Å². The number of amides is 1. The number of aromatic nitrogens is 2. The summed E-state index contributed by atoms with van der Waals surface area (Å²) in [6.45, 7) is 8.33. The first-order valence-corrected chi connectivity index (χ1v) is 9.25. The van der Waals surface area contributed by atoms with Crippen LogP contribution in [0.1, 0.15) is 58.4 Å².